The SMILES string of the molecule is CC.ClC(Cl)(Cl)Cl. The zero-order valence-electron chi connectivity index (χ0n) is 4.01. The van der Waals surface area contributed by atoms with Gasteiger partial charge in [0, 0.05) is 0 Å². The molecule has 0 aromatic rings. The van der Waals surface area contributed by atoms with Gasteiger partial charge in [-0.2, -0.15) is 0 Å². The number of alkyl halides is 4. The summed E-state index contributed by atoms with van der Waals surface area (Å²) in [5, 5.41) is 0. The van der Waals surface area contributed by atoms with E-state index in [1.165, 1.54) is 0 Å². The standard InChI is InChI=1S/C2H6.CCl4/c1-2;2-1(3,4)5/h1-2H3;. The van der Waals surface area contributed by atoms with Gasteiger partial charge in [0.05, 0.1) is 0 Å². The molecule has 0 heterocycles. The van der Waals surface area contributed by atoms with Crippen molar-refractivity contribution in [2.45, 2.75) is 17.1 Å². The second-order valence-corrected chi connectivity index (χ2v) is 3.86. The van der Waals surface area contributed by atoms with Crippen LogP contribution < -0.4 is 0 Å². The summed E-state index contributed by atoms with van der Waals surface area (Å²) >= 11 is 19.3. The molecule has 0 saturated heterocycles. The van der Waals surface area contributed by atoms with Crippen LogP contribution >= 0.6 is 46.4 Å². The molecule has 0 aromatic carbocycles. The zero-order chi connectivity index (χ0) is 6.50. The largest absolute Gasteiger partial charge is 0.266 e. The molecule has 4 heteroatoms. The summed E-state index contributed by atoms with van der Waals surface area (Å²) in [6, 6.07) is 0. The summed E-state index contributed by atoms with van der Waals surface area (Å²) in [5.41, 5.74) is 0. The summed E-state index contributed by atoms with van der Waals surface area (Å²) in [4.78, 5) is 0. The van der Waals surface area contributed by atoms with Gasteiger partial charge in [-0.15, -0.1) is 0 Å². The Labute approximate surface area is 63.7 Å². The summed E-state index contributed by atoms with van der Waals surface area (Å²) in [5.74, 6) is 0. The van der Waals surface area contributed by atoms with Crippen molar-refractivity contribution in [3.63, 3.8) is 0 Å². The summed E-state index contributed by atoms with van der Waals surface area (Å²) in [6.45, 7) is 4.00. The molecule has 0 aliphatic heterocycles. The predicted octanol–water partition coefficient (Wildman–Crippen LogP) is 3.58. The lowest BCUT2D eigenvalue weighted by molar-refractivity contribution is 1.50. The normalized spacial score (nSPS) is 9.43. The molecular weight excluding hydrogens is 178 g/mol. The average molecular weight is 184 g/mol. The van der Waals surface area contributed by atoms with Gasteiger partial charge < -0.3 is 0 Å². The lowest BCUT2D eigenvalue weighted by Crippen LogP contribution is -1.81. The maximum Gasteiger partial charge on any atom is 0.266 e. The van der Waals surface area contributed by atoms with Crippen molar-refractivity contribution in [1.82, 2.24) is 0 Å². The van der Waals surface area contributed by atoms with Crippen LogP contribution in [0.3, 0.4) is 0 Å². The molecule has 0 aliphatic carbocycles. The van der Waals surface area contributed by atoms with Gasteiger partial charge in [-0.05, 0) is 0 Å². The predicted molar refractivity (Wildman–Crippen MR) is 37.5 cm³/mol. The molecule has 0 aliphatic rings. The Kier molecular flexibility index (Phi) is 8.35. The van der Waals surface area contributed by atoms with Crippen LogP contribution in [0.5, 0.6) is 0 Å². The molecule has 7 heavy (non-hydrogen) atoms. The maximum absolute atomic E-state index is 4.83. The van der Waals surface area contributed by atoms with E-state index >= 15 is 0 Å². The molecular formula is C3H6Cl4. The smallest absolute Gasteiger partial charge is 0.0683 e. The van der Waals surface area contributed by atoms with Crippen LogP contribution in [0.15, 0.2) is 0 Å². The molecule has 0 radical (unpaired) electrons. The Balaban J connectivity index is 0. The average Bonchev–Trinajstić information content (AvgIpc) is 1.36. The minimum atomic E-state index is -1.61. The summed E-state index contributed by atoms with van der Waals surface area (Å²) in [7, 11) is 0. The second-order valence-electron chi connectivity index (χ2n) is 0.429. The molecule has 0 atom stereocenters. The minimum absolute atomic E-state index is 1.61. The zero-order valence-corrected chi connectivity index (χ0v) is 7.04. The Morgan fingerprint density at radius 2 is 0.857 bits per heavy atom. The lowest BCUT2D eigenvalue weighted by Gasteiger charge is -1.91. The first-order valence-corrected chi connectivity index (χ1v) is 3.27. The first-order valence-electron chi connectivity index (χ1n) is 1.76. The Morgan fingerprint density at radius 1 is 0.857 bits per heavy atom. The van der Waals surface area contributed by atoms with Crippen LogP contribution in [0, 0.1) is 0 Å². The molecule has 0 amide bonds. The van der Waals surface area contributed by atoms with Gasteiger partial charge >= 0.3 is 0 Å². The molecule has 0 spiro atoms. The topological polar surface area (TPSA) is 0 Å². The first-order chi connectivity index (χ1) is 3.00. The number of hydrogen-bond acceptors (Lipinski definition) is 0. The van der Waals surface area contributed by atoms with Crippen LogP contribution in [0.2, 0.25) is 0 Å². The highest BCUT2D eigenvalue weighted by molar-refractivity contribution is 6.83. The molecule has 0 bridgehead atoms. The maximum atomic E-state index is 4.83. The highest BCUT2D eigenvalue weighted by Crippen LogP contribution is 2.29. The molecule has 46 valence electrons. The van der Waals surface area contributed by atoms with Crippen molar-refractivity contribution in [2.75, 3.05) is 0 Å². The third kappa shape index (κ3) is 142. The van der Waals surface area contributed by atoms with Crippen LogP contribution in [0.25, 0.3) is 0 Å². The molecule has 0 nitrogen and oxygen atoms in total. The van der Waals surface area contributed by atoms with E-state index in [-0.39, 0.29) is 0 Å². The number of hydrogen-bond donors (Lipinski definition) is 0. The fourth-order valence-corrected chi connectivity index (χ4v) is 0. The molecule has 0 fully saturated rings. The van der Waals surface area contributed by atoms with E-state index in [4.69, 9.17) is 46.4 Å². The Morgan fingerprint density at radius 3 is 0.857 bits per heavy atom. The van der Waals surface area contributed by atoms with Gasteiger partial charge in [0.1, 0.15) is 0 Å². The lowest BCUT2D eigenvalue weighted by atomic mass is 11.0. The number of rotatable bonds is 0. The quantitative estimate of drug-likeness (QED) is 0.504. The highest BCUT2D eigenvalue weighted by Gasteiger charge is 2.11. The third-order valence-electron chi connectivity index (χ3n) is 0. The van der Waals surface area contributed by atoms with Crippen molar-refractivity contribution in [2.24, 2.45) is 0 Å². The molecule has 0 rings (SSSR count). The van der Waals surface area contributed by atoms with Crippen LogP contribution in [-0.2, 0) is 0 Å². The van der Waals surface area contributed by atoms with Crippen molar-refractivity contribution in [3.05, 3.63) is 0 Å². The van der Waals surface area contributed by atoms with E-state index in [1.54, 1.807) is 0 Å². The van der Waals surface area contributed by atoms with Gasteiger partial charge in [0.2, 0.25) is 0 Å². The monoisotopic (exact) mass is 182 g/mol. The second kappa shape index (κ2) is 5.30. The van der Waals surface area contributed by atoms with Crippen molar-refractivity contribution < 1.29 is 0 Å². The van der Waals surface area contributed by atoms with E-state index in [0.717, 1.165) is 0 Å². The fourth-order valence-electron chi connectivity index (χ4n) is 0. The fraction of sp³-hybridized carbons (Fsp3) is 1.00. The highest BCUT2D eigenvalue weighted by atomic mass is 35.6. The molecule has 0 aromatic heterocycles. The van der Waals surface area contributed by atoms with Crippen LogP contribution in [0.4, 0.5) is 0 Å². The number of halogens is 4. The van der Waals surface area contributed by atoms with E-state index in [0.29, 0.717) is 0 Å². The van der Waals surface area contributed by atoms with Crippen molar-refractivity contribution >= 4 is 46.4 Å². The van der Waals surface area contributed by atoms with E-state index in [2.05, 4.69) is 0 Å². The van der Waals surface area contributed by atoms with Gasteiger partial charge in [0.15, 0.2) is 0 Å². The molecule has 0 unspecified atom stereocenters. The third-order valence-corrected chi connectivity index (χ3v) is 0. The van der Waals surface area contributed by atoms with Crippen molar-refractivity contribution in [1.29, 1.82) is 0 Å². The summed E-state index contributed by atoms with van der Waals surface area (Å²) in [6.07, 6.45) is 0. The summed E-state index contributed by atoms with van der Waals surface area (Å²) < 4.78 is -1.61. The van der Waals surface area contributed by atoms with E-state index in [9.17, 15) is 0 Å². The van der Waals surface area contributed by atoms with Gasteiger partial charge in [-0.3, -0.25) is 0 Å². The van der Waals surface area contributed by atoms with Gasteiger partial charge in [0.25, 0.3) is 3.25 Å². The molecule has 0 saturated carbocycles. The Bertz CT molecular complexity index is 22.4. The van der Waals surface area contributed by atoms with Crippen LogP contribution in [0.1, 0.15) is 13.8 Å². The first kappa shape index (κ1) is 11.0. The van der Waals surface area contributed by atoms with Crippen LogP contribution in [-0.4, -0.2) is 3.25 Å². The van der Waals surface area contributed by atoms with E-state index < -0.39 is 3.25 Å². The Hall–Kier alpha value is 1.16. The molecule has 0 N–H and O–H groups in total. The minimum Gasteiger partial charge on any atom is -0.0683 e. The van der Waals surface area contributed by atoms with Gasteiger partial charge in [-0.25, -0.2) is 0 Å². The van der Waals surface area contributed by atoms with Gasteiger partial charge in [-0.1, -0.05) is 60.3 Å². The van der Waals surface area contributed by atoms with E-state index in [1.807, 2.05) is 13.8 Å². The van der Waals surface area contributed by atoms with Crippen molar-refractivity contribution in [3.8, 4) is 0 Å².